The number of fused-ring (bicyclic) bond motifs is 1. The van der Waals surface area contributed by atoms with Crippen LogP contribution in [0.25, 0.3) is 33.3 Å². The molecule has 1 saturated carbocycles. The van der Waals surface area contributed by atoms with Gasteiger partial charge in [0.25, 0.3) is 0 Å². The molecule has 134 valence electrons. The number of hydrogen-bond donors (Lipinski definition) is 2. The molecule has 0 saturated heterocycles. The third-order valence-electron chi connectivity index (χ3n) is 5.08. The molecule has 3 N–H and O–H groups in total. The Balaban J connectivity index is 1.66. The maximum atomic E-state index is 5.91. The number of anilines is 1. The lowest BCUT2D eigenvalue weighted by atomic mass is 10.0. The summed E-state index contributed by atoms with van der Waals surface area (Å²) < 4.78 is 5.33. The molecule has 0 unspecified atom stereocenters. The smallest absolute Gasteiger partial charge is 0.123 e. The number of H-pyrrole nitrogens is 1. The van der Waals surface area contributed by atoms with E-state index in [1.807, 2.05) is 24.3 Å². The predicted molar refractivity (Wildman–Crippen MR) is 108 cm³/mol. The molecule has 27 heavy (non-hydrogen) atoms. The number of methoxy groups -OCH3 is 1. The number of imidazole rings is 1. The maximum absolute atomic E-state index is 5.91. The molecule has 2 heterocycles. The monoisotopic (exact) mass is 356 g/mol. The molecule has 0 aliphatic heterocycles. The number of ether oxygens (including phenoxy) is 1. The van der Waals surface area contributed by atoms with Gasteiger partial charge in [0.1, 0.15) is 17.4 Å². The number of rotatable bonds is 4. The molecule has 1 aliphatic rings. The summed E-state index contributed by atoms with van der Waals surface area (Å²) >= 11 is 0. The first kappa shape index (κ1) is 15.9. The van der Waals surface area contributed by atoms with Gasteiger partial charge in [0, 0.05) is 23.2 Å². The molecule has 0 atom stereocenters. The van der Waals surface area contributed by atoms with Crippen LogP contribution in [-0.4, -0.2) is 22.1 Å². The Morgan fingerprint density at radius 3 is 2.59 bits per heavy atom. The van der Waals surface area contributed by atoms with Gasteiger partial charge in [-0.1, -0.05) is 18.2 Å². The van der Waals surface area contributed by atoms with Gasteiger partial charge in [-0.2, -0.15) is 0 Å². The zero-order valence-electron chi connectivity index (χ0n) is 15.1. The lowest BCUT2D eigenvalue weighted by Gasteiger charge is -2.07. The minimum absolute atomic E-state index is 0.506. The zero-order valence-corrected chi connectivity index (χ0v) is 15.1. The number of aromatic amines is 1. The van der Waals surface area contributed by atoms with E-state index in [0.717, 1.165) is 44.9 Å². The van der Waals surface area contributed by atoms with Gasteiger partial charge in [0.15, 0.2) is 0 Å². The van der Waals surface area contributed by atoms with Crippen LogP contribution in [0.1, 0.15) is 24.6 Å². The molecule has 0 spiro atoms. The summed E-state index contributed by atoms with van der Waals surface area (Å²) in [5, 5.41) is 2.30. The fourth-order valence-electron chi connectivity index (χ4n) is 3.46. The van der Waals surface area contributed by atoms with Gasteiger partial charge < -0.3 is 15.5 Å². The second kappa shape index (κ2) is 6.13. The van der Waals surface area contributed by atoms with E-state index < -0.39 is 0 Å². The van der Waals surface area contributed by atoms with Crippen molar-refractivity contribution in [3.05, 3.63) is 60.6 Å². The predicted octanol–water partition coefficient (Wildman–Crippen LogP) is 4.76. The first-order valence-corrected chi connectivity index (χ1v) is 9.11. The van der Waals surface area contributed by atoms with Crippen molar-refractivity contribution in [1.82, 2.24) is 15.0 Å². The van der Waals surface area contributed by atoms with E-state index in [4.69, 9.17) is 15.5 Å². The van der Waals surface area contributed by atoms with Crippen LogP contribution in [0.2, 0.25) is 0 Å². The average Bonchev–Trinajstić information content (AvgIpc) is 3.45. The number of benzene rings is 2. The fourth-order valence-corrected chi connectivity index (χ4v) is 3.46. The van der Waals surface area contributed by atoms with E-state index in [2.05, 4.69) is 34.2 Å². The molecule has 2 aromatic heterocycles. The van der Waals surface area contributed by atoms with E-state index in [0.29, 0.717) is 11.7 Å². The first-order valence-electron chi connectivity index (χ1n) is 9.11. The van der Waals surface area contributed by atoms with Gasteiger partial charge >= 0.3 is 0 Å². The van der Waals surface area contributed by atoms with Gasteiger partial charge in [-0.25, -0.2) is 9.97 Å². The normalized spacial score (nSPS) is 13.8. The van der Waals surface area contributed by atoms with Gasteiger partial charge in [0.05, 0.1) is 18.5 Å². The summed E-state index contributed by atoms with van der Waals surface area (Å²) in [6.45, 7) is 0. The van der Waals surface area contributed by atoms with Crippen molar-refractivity contribution in [3.8, 4) is 28.3 Å². The summed E-state index contributed by atoms with van der Waals surface area (Å²) in [6, 6.07) is 16.4. The third kappa shape index (κ3) is 2.91. The minimum Gasteiger partial charge on any atom is -0.497 e. The van der Waals surface area contributed by atoms with E-state index in [1.54, 1.807) is 13.3 Å². The number of pyridine rings is 1. The Morgan fingerprint density at radius 2 is 1.81 bits per heavy atom. The summed E-state index contributed by atoms with van der Waals surface area (Å²) in [4.78, 5) is 12.6. The Labute approximate surface area is 157 Å². The number of nitrogen functional groups attached to an aromatic ring is 1. The third-order valence-corrected chi connectivity index (χ3v) is 5.08. The maximum Gasteiger partial charge on any atom is 0.123 e. The largest absolute Gasteiger partial charge is 0.497 e. The molecule has 5 nitrogen and oxygen atoms in total. The van der Waals surface area contributed by atoms with Crippen LogP contribution in [0.5, 0.6) is 5.75 Å². The molecule has 5 heteroatoms. The van der Waals surface area contributed by atoms with E-state index in [-0.39, 0.29) is 0 Å². The van der Waals surface area contributed by atoms with Crippen LogP contribution in [0.15, 0.2) is 54.7 Å². The molecule has 4 aromatic rings. The van der Waals surface area contributed by atoms with Gasteiger partial charge in [-0.3, -0.25) is 0 Å². The second-order valence-electron chi connectivity index (χ2n) is 7.02. The Bertz CT molecular complexity index is 1140. The molecular weight excluding hydrogens is 336 g/mol. The molecule has 1 aliphatic carbocycles. The Kier molecular flexibility index (Phi) is 3.60. The second-order valence-corrected chi connectivity index (χ2v) is 7.02. The summed E-state index contributed by atoms with van der Waals surface area (Å²) in [5.74, 6) is 2.97. The van der Waals surface area contributed by atoms with Gasteiger partial charge in [-0.05, 0) is 53.9 Å². The minimum atomic E-state index is 0.506. The van der Waals surface area contributed by atoms with Crippen molar-refractivity contribution < 1.29 is 4.74 Å². The molecule has 5 rings (SSSR count). The number of nitrogens with one attached hydrogen (secondary N) is 1. The average molecular weight is 356 g/mol. The van der Waals surface area contributed by atoms with Crippen LogP contribution in [0.4, 0.5) is 5.82 Å². The van der Waals surface area contributed by atoms with Crippen molar-refractivity contribution in [2.75, 3.05) is 12.8 Å². The fraction of sp³-hybridized carbons (Fsp3) is 0.182. The topological polar surface area (TPSA) is 76.8 Å². The lowest BCUT2D eigenvalue weighted by molar-refractivity contribution is 0.415. The highest BCUT2D eigenvalue weighted by molar-refractivity contribution is 5.90. The van der Waals surface area contributed by atoms with Crippen LogP contribution in [0, 0.1) is 0 Å². The van der Waals surface area contributed by atoms with Crippen LogP contribution in [-0.2, 0) is 0 Å². The van der Waals surface area contributed by atoms with Crippen molar-refractivity contribution in [2.24, 2.45) is 0 Å². The zero-order chi connectivity index (χ0) is 18.4. The van der Waals surface area contributed by atoms with Crippen molar-refractivity contribution in [2.45, 2.75) is 18.8 Å². The van der Waals surface area contributed by atoms with E-state index >= 15 is 0 Å². The molecular formula is C22H20N4O. The van der Waals surface area contributed by atoms with Gasteiger partial charge in [0.2, 0.25) is 0 Å². The van der Waals surface area contributed by atoms with Gasteiger partial charge in [-0.15, -0.1) is 0 Å². The highest BCUT2D eigenvalue weighted by atomic mass is 16.5. The van der Waals surface area contributed by atoms with Crippen LogP contribution < -0.4 is 10.5 Å². The highest BCUT2D eigenvalue weighted by Crippen LogP contribution is 2.42. The lowest BCUT2D eigenvalue weighted by Crippen LogP contribution is -1.91. The molecule has 2 aromatic carbocycles. The van der Waals surface area contributed by atoms with Crippen molar-refractivity contribution in [3.63, 3.8) is 0 Å². The first-order chi connectivity index (χ1) is 13.2. The quantitative estimate of drug-likeness (QED) is 0.553. The van der Waals surface area contributed by atoms with E-state index in [9.17, 15) is 0 Å². The summed E-state index contributed by atoms with van der Waals surface area (Å²) in [6.07, 6.45) is 4.13. The molecule has 0 amide bonds. The number of hydrogen-bond acceptors (Lipinski definition) is 4. The summed E-state index contributed by atoms with van der Waals surface area (Å²) in [5.41, 5.74) is 9.96. The Hall–Kier alpha value is -3.34. The molecule has 0 bridgehead atoms. The van der Waals surface area contributed by atoms with Crippen molar-refractivity contribution in [1.29, 1.82) is 0 Å². The van der Waals surface area contributed by atoms with Crippen LogP contribution >= 0.6 is 0 Å². The summed E-state index contributed by atoms with van der Waals surface area (Å²) in [7, 11) is 1.69. The van der Waals surface area contributed by atoms with Crippen LogP contribution in [0.3, 0.4) is 0 Å². The highest BCUT2D eigenvalue weighted by Gasteiger charge is 2.28. The van der Waals surface area contributed by atoms with Crippen molar-refractivity contribution >= 4 is 16.6 Å². The molecule has 0 radical (unpaired) electrons. The number of nitrogens with zero attached hydrogens (tertiary/aromatic N) is 2. The number of nitrogens with two attached hydrogens (primary N) is 1. The number of aromatic nitrogens is 3. The standard InChI is InChI=1S/C22H20N4O/c1-27-18-7-6-14-10-16(5-4-15(14)11-18)20-21(17-8-9-24-19(23)12-17)26-22(25-20)13-2-3-13/h4-13H,2-3H2,1H3,(H2,23,24)(H,25,26). The van der Waals surface area contributed by atoms with E-state index in [1.165, 1.54) is 12.8 Å². The SMILES string of the molecule is COc1ccc2cc(-c3nc(C4CC4)[nH]c3-c3ccnc(N)c3)ccc2c1. The molecule has 1 fully saturated rings. The Morgan fingerprint density at radius 1 is 1.00 bits per heavy atom.